The summed E-state index contributed by atoms with van der Waals surface area (Å²) in [6, 6.07) is 10.6. The highest BCUT2D eigenvalue weighted by Crippen LogP contribution is 2.26. The van der Waals surface area contributed by atoms with Crippen LogP contribution >= 0.6 is 27.5 Å². The second-order valence-electron chi connectivity index (χ2n) is 8.73. The molecule has 0 radical (unpaired) electrons. The molecule has 2 aromatic rings. The molecule has 31 heavy (non-hydrogen) atoms. The lowest BCUT2D eigenvalue weighted by molar-refractivity contribution is -0.142. The van der Waals surface area contributed by atoms with Gasteiger partial charge in [0, 0.05) is 21.6 Å². The Kier molecular flexibility index (Phi) is 8.55. The highest BCUT2D eigenvalue weighted by molar-refractivity contribution is 9.10. The van der Waals surface area contributed by atoms with Crippen LogP contribution < -0.4 is 10.1 Å². The molecule has 0 saturated heterocycles. The highest BCUT2D eigenvalue weighted by Gasteiger charge is 2.28. The fourth-order valence-electron chi connectivity index (χ4n) is 3.11. The summed E-state index contributed by atoms with van der Waals surface area (Å²) in [6.45, 7) is 11.4. The highest BCUT2D eigenvalue weighted by atomic mass is 79.9. The molecule has 1 atom stereocenters. The Hall–Kier alpha value is -2.05. The van der Waals surface area contributed by atoms with Crippen LogP contribution in [0.25, 0.3) is 0 Å². The number of hydrogen-bond acceptors (Lipinski definition) is 3. The fourth-order valence-corrected chi connectivity index (χ4v) is 3.66. The van der Waals surface area contributed by atoms with Gasteiger partial charge in [0.05, 0.1) is 0 Å². The number of nitrogens with one attached hydrogen (secondary N) is 1. The van der Waals surface area contributed by atoms with Crippen LogP contribution in [0.2, 0.25) is 5.02 Å². The minimum atomic E-state index is -0.664. The summed E-state index contributed by atoms with van der Waals surface area (Å²) in [4.78, 5) is 27.5. The van der Waals surface area contributed by atoms with Crippen molar-refractivity contribution in [2.24, 2.45) is 0 Å². The van der Waals surface area contributed by atoms with E-state index in [0.717, 1.165) is 21.2 Å². The Morgan fingerprint density at radius 1 is 1.16 bits per heavy atom. The molecule has 5 nitrogen and oxygen atoms in total. The van der Waals surface area contributed by atoms with Crippen molar-refractivity contribution in [1.82, 2.24) is 10.2 Å². The first-order valence-electron chi connectivity index (χ1n) is 10.1. The van der Waals surface area contributed by atoms with E-state index in [9.17, 15) is 9.59 Å². The summed E-state index contributed by atoms with van der Waals surface area (Å²) in [6.07, 6.45) is 0. The van der Waals surface area contributed by atoms with Crippen molar-refractivity contribution < 1.29 is 14.3 Å². The van der Waals surface area contributed by atoms with Crippen molar-refractivity contribution in [2.45, 2.75) is 59.7 Å². The molecule has 0 spiro atoms. The zero-order valence-corrected chi connectivity index (χ0v) is 21.2. The smallest absolute Gasteiger partial charge is 0.261 e. The number of hydrogen-bond donors (Lipinski definition) is 1. The molecule has 2 aromatic carbocycles. The van der Waals surface area contributed by atoms with Gasteiger partial charge in [-0.1, -0.05) is 39.7 Å². The molecule has 0 aliphatic heterocycles. The number of ether oxygens (including phenoxy) is 1. The number of carbonyl (C=O) groups excluding carboxylic acids is 2. The average Bonchev–Trinajstić information content (AvgIpc) is 2.66. The van der Waals surface area contributed by atoms with E-state index >= 15 is 0 Å². The van der Waals surface area contributed by atoms with Crippen molar-refractivity contribution in [1.29, 1.82) is 0 Å². The molecule has 0 aromatic heterocycles. The van der Waals surface area contributed by atoms with E-state index in [1.165, 1.54) is 0 Å². The second kappa shape index (κ2) is 10.5. The van der Waals surface area contributed by atoms with E-state index in [1.54, 1.807) is 24.0 Å². The summed E-state index contributed by atoms with van der Waals surface area (Å²) in [5, 5.41) is 3.63. The van der Waals surface area contributed by atoms with Crippen LogP contribution in [-0.2, 0) is 16.1 Å². The molecule has 2 amide bonds. The number of halogens is 2. The summed E-state index contributed by atoms with van der Waals surface area (Å²) in [5.41, 5.74) is 2.28. The van der Waals surface area contributed by atoms with Gasteiger partial charge in [-0.2, -0.15) is 0 Å². The largest absolute Gasteiger partial charge is 0.484 e. The zero-order chi connectivity index (χ0) is 23.3. The van der Waals surface area contributed by atoms with Gasteiger partial charge in [0.2, 0.25) is 5.91 Å². The summed E-state index contributed by atoms with van der Waals surface area (Å²) >= 11 is 9.67. The quantitative estimate of drug-likeness (QED) is 0.541. The Morgan fingerprint density at radius 3 is 2.32 bits per heavy atom. The van der Waals surface area contributed by atoms with Crippen molar-refractivity contribution in [3.05, 3.63) is 62.6 Å². The van der Waals surface area contributed by atoms with E-state index in [0.29, 0.717) is 17.3 Å². The van der Waals surface area contributed by atoms with E-state index in [-0.39, 0.29) is 18.4 Å². The molecule has 0 unspecified atom stereocenters. The fraction of sp³-hybridized carbons (Fsp3) is 0.417. The molecule has 1 N–H and O–H groups in total. The molecule has 168 valence electrons. The van der Waals surface area contributed by atoms with Crippen molar-refractivity contribution >= 4 is 39.3 Å². The lowest BCUT2D eigenvalue weighted by atomic mass is 10.1. The first-order valence-corrected chi connectivity index (χ1v) is 11.3. The Morgan fingerprint density at radius 2 is 1.77 bits per heavy atom. The normalized spacial score (nSPS) is 12.3. The monoisotopic (exact) mass is 508 g/mol. The lowest BCUT2D eigenvalue weighted by Crippen LogP contribution is -2.53. The number of rotatable bonds is 7. The van der Waals surface area contributed by atoms with Crippen LogP contribution in [0.15, 0.2) is 40.9 Å². The topological polar surface area (TPSA) is 58.6 Å². The molecule has 0 aliphatic rings. The number of carbonyl (C=O) groups is 2. The Bertz CT molecular complexity index is 933. The van der Waals surface area contributed by atoms with Crippen LogP contribution in [0.4, 0.5) is 0 Å². The Balaban J connectivity index is 2.21. The van der Waals surface area contributed by atoms with Gasteiger partial charge >= 0.3 is 0 Å². The van der Waals surface area contributed by atoms with Gasteiger partial charge in [-0.25, -0.2) is 0 Å². The van der Waals surface area contributed by atoms with E-state index in [1.807, 2.05) is 58.9 Å². The van der Waals surface area contributed by atoms with Gasteiger partial charge in [-0.15, -0.1) is 0 Å². The average molecular weight is 510 g/mol. The van der Waals surface area contributed by atoms with Gasteiger partial charge in [0.25, 0.3) is 5.91 Å². The van der Waals surface area contributed by atoms with Crippen LogP contribution in [0, 0.1) is 13.8 Å². The molecular weight excluding hydrogens is 480 g/mol. The maximum absolute atomic E-state index is 13.1. The zero-order valence-electron chi connectivity index (χ0n) is 18.9. The standard InChI is InChI=1S/C24H30BrClN2O3/c1-15-10-20(11-16(2)22(15)26)31-14-21(29)28(13-18-8-7-9-19(25)12-18)17(3)23(30)27-24(4,5)6/h7-12,17H,13-14H2,1-6H3,(H,27,30)/t17-/m1/s1. The third-order valence-electron chi connectivity index (χ3n) is 4.68. The van der Waals surface area contributed by atoms with Crippen molar-refractivity contribution in [2.75, 3.05) is 6.61 Å². The first kappa shape index (κ1) is 25.2. The molecule has 0 saturated carbocycles. The predicted octanol–water partition coefficient (Wildman–Crippen LogP) is 5.43. The number of amides is 2. The summed E-state index contributed by atoms with van der Waals surface area (Å²) in [7, 11) is 0. The van der Waals surface area contributed by atoms with Crippen LogP contribution in [0.5, 0.6) is 5.75 Å². The van der Waals surface area contributed by atoms with Gasteiger partial charge < -0.3 is 15.0 Å². The van der Waals surface area contributed by atoms with Crippen LogP contribution in [-0.4, -0.2) is 34.9 Å². The maximum Gasteiger partial charge on any atom is 0.261 e. The molecular formula is C24H30BrClN2O3. The number of benzene rings is 2. The van der Waals surface area contributed by atoms with Gasteiger partial charge in [0.1, 0.15) is 11.8 Å². The second-order valence-corrected chi connectivity index (χ2v) is 10.0. The van der Waals surface area contributed by atoms with E-state index in [4.69, 9.17) is 16.3 Å². The first-order chi connectivity index (χ1) is 14.4. The Labute approximate surface area is 198 Å². The van der Waals surface area contributed by atoms with Crippen LogP contribution in [0.3, 0.4) is 0 Å². The van der Waals surface area contributed by atoms with E-state index < -0.39 is 11.6 Å². The SMILES string of the molecule is Cc1cc(OCC(=O)N(Cc2cccc(Br)c2)[C@H](C)C(=O)NC(C)(C)C)cc(C)c1Cl. The van der Waals surface area contributed by atoms with Crippen molar-refractivity contribution in [3.63, 3.8) is 0 Å². The minimum Gasteiger partial charge on any atom is -0.484 e. The molecule has 0 heterocycles. The molecule has 0 fully saturated rings. The van der Waals surface area contributed by atoms with Gasteiger partial charge in [-0.3, -0.25) is 9.59 Å². The maximum atomic E-state index is 13.1. The molecule has 2 rings (SSSR count). The third kappa shape index (κ3) is 7.54. The number of nitrogens with zero attached hydrogens (tertiary/aromatic N) is 1. The van der Waals surface area contributed by atoms with Crippen molar-refractivity contribution in [3.8, 4) is 5.75 Å². The third-order valence-corrected chi connectivity index (χ3v) is 5.77. The van der Waals surface area contributed by atoms with E-state index in [2.05, 4.69) is 21.2 Å². The molecule has 0 aliphatic carbocycles. The predicted molar refractivity (Wildman–Crippen MR) is 128 cm³/mol. The number of aryl methyl sites for hydroxylation is 2. The molecule has 0 bridgehead atoms. The lowest BCUT2D eigenvalue weighted by Gasteiger charge is -2.31. The van der Waals surface area contributed by atoms with Gasteiger partial charge in [-0.05, 0) is 82.5 Å². The van der Waals surface area contributed by atoms with Gasteiger partial charge in [0.15, 0.2) is 6.61 Å². The summed E-state index contributed by atoms with van der Waals surface area (Å²) < 4.78 is 6.68. The minimum absolute atomic E-state index is 0.179. The molecule has 7 heteroatoms. The van der Waals surface area contributed by atoms with Crippen LogP contribution in [0.1, 0.15) is 44.4 Å². The summed E-state index contributed by atoms with van der Waals surface area (Å²) in [5.74, 6) is 0.0813.